The average Bonchev–Trinajstić information content (AvgIpc) is 2.53. The maximum atomic E-state index is 13.0. The molecule has 0 aromatic heterocycles. The number of carbonyl (C=O) groups excluding carboxylic acids is 1. The van der Waals surface area contributed by atoms with Crippen LogP contribution >= 0.6 is 24.8 Å². The molecule has 0 saturated carbocycles. The molecule has 0 saturated heterocycles. The van der Waals surface area contributed by atoms with Crippen molar-refractivity contribution in [3.8, 4) is 0 Å². The van der Waals surface area contributed by atoms with Crippen molar-refractivity contribution in [2.24, 2.45) is 11.5 Å². The fraction of sp³-hybridized carbons (Fsp3) is 0.278. The molecule has 0 spiro atoms. The minimum atomic E-state index is -4.39. The van der Waals surface area contributed by atoms with Gasteiger partial charge in [-0.3, -0.25) is 4.79 Å². The molecule has 27 heavy (non-hydrogen) atoms. The molecule has 0 aliphatic heterocycles. The van der Waals surface area contributed by atoms with E-state index in [1.807, 2.05) is 0 Å². The molecular weight excluding hydrogens is 402 g/mol. The third-order valence-electron chi connectivity index (χ3n) is 3.89. The van der Waals surface area contributed by atoms with Gasteiger partial charge in [0.2, 0.25) is 5.91 Å². The van der Waals surface area contributed by atoms with E-state index in [0.29, 0.717) is 5.69 Å². The normalized spacial score (nSPS) is 12.9. The molecule has 0 radical (unpaired) electrons. The number of benzene rings is 2. The third kappa shape index (κ3) is 6.93. The molecular formula is C18H22Cl2F3N3O. The standard InChI is InChI=1S/C18H20F3N3O.2ClH/c1-17(23,16(22)25)10-12-6-8-14(9-7-12)24-11-13-4-2-3-5-15(13)18(19,20)21;;/h2-9,24H,10-11,23H2,1H3,(H2,22,25);2*1H. The summed E-state index contributed by atoms with van der Waals surface area (Å²) in [4.78, 5) is 11.3. The molecule has 0 aliphatic rings. The largest absolute Gasteiger partial charge is 0.416 e. The van der Waals surface area contributed by atoms with Crippen molar-refractivity contribution >= 4 is 36.4 Å². The second-order valence-corrected chi connectivity index (χ2v) is 6.16. The zero-order chi connectivity index (χ0) is 18.7. The molecule has 0 bridgehead atoms. The van der Waals surface area contributed by atoms with Crippen LogP contribution in [0.1, 0.15) is 23.6 Å². The fourth-order valence-corrected chi connectivity index (χ4v) is 2.40. The lowest BCUT2D eigenvalue weighted by atomic mass is 9.93. The maximum absolute atomic E-state index is 13.0. The van der Waals surface area contributed by atoms with Gasteiger partial charge in [0, 0.05) is 12.2 Å². The van der Waals surface area contributed by atoms with Gasteiger partial charge in [-0.1, -0.05) is 30.3 Å². The van der Waals surface area contributed by atoms with Crippen LogP contribution in [0.5, 0.6) is 0 Å². The molecule has 0 aliphatic carbocycles. The van der Waals surface area contributed by atoms with E-state index >= 15 is 0 Å². The van der Waals surface area contributed by atoms with Gasteiger partial charge in [0.1, 0.15) is 0 Å². The third-order valence-corrected chi connectivity index (χ3v) is 3.89. The van der Waals surface area contributed by atoms with Crippen molar-refractivity contribution in [2.45, 2.75) is 31.6 Å². The van der Waals surface area contributed by atoms with Gasteiger partial charge in [-0.25, -0.2) is 0 Å². The van der Waals surface area contributed by atoms with E-state index in [2.05, 4.69) is 5.32 Å². The number of primary amides is 1. The van der Waals surface area contributed by atoms with Gasteiger partial charge in [-0.2, -0.15) is 13.2 Å². The SMILES string of the molecule is CC(N)(Cc1ccc(NCc2ccccc2C(F)(F)F)cc1)C(N)=O.Cl.Cl. The van der Waals surface area contributed by atoms with Crippen LogP contribution in [0.2, 0.25) is 0 Å². The van der Waals surface area contributed by atoms with Gasteiger partial charge in [0.15, 0.2) is 0 Å². The fourth-order valence-electron chi connectivity index (χ4n) is 2.40. The number of anilines is 1. The van der Waals surface area contributed by atoms with E-state index in [1.165, 1.54) is 12.1 Å². The number of hydrogen-bond donors (Lipinski definition) is 3. The van der Waals surface area contributed by atoms with Crippen LogP contribution in [0.15, 0.2) is 48.5 Å². The Hall–Kier alpha value is -1.96. The van der Waals surface area contributed by atoms with E-state index in [4.69, 9.17) is 11.5 Å². The number of alkyl halides is 3. The summed E-state index contributed by atoms with van der Waals surface area (Å²) >= 11 is 0. The number of hydrogen-bond acceptors (Lipinski definition) is 3. The second kappa shape index (κ2) is 9.82. The minimum absolute atomic E-state index is 0. The van der Waals surface area contributed by atoms with E-state index in [-0.39, 0.29) is 43.3 Å². The smallest absolute Gasteiger partial charge is 0.381 e. The Balaban J connectivity index is 0.00000338. The van der Waals surface area contributed by atoms with Crippen LogP contribution < -0.4 is 16.8 Å². The van der Waals surface area contributed by atoms with Crippen LogP contribution in [0.25, 0.3) is 0 Å². The quantitative estimate of drug-likeness (QED) is 0.658. The summed E-state index contributed by atoms with van der Waals surface area (Å²) in [6.45, 7) is 1.60. The zero-order valence-electron chi connectivity index (χ0n) is 14.5. The molecule has 1 amide bonds. The van der Waals surface area contributed by atoms with Gasteiger partial charge < -0.3 is 16.8 Å². The van der Waals surface area contributed by atoms with Crippen molar-refractivity contribution in [1.29, 1.82) is 0 Å². The van der Waals surface area contributed by atoms with Gasteiger partial charge in [0.25, 0.3) is 0 Å². The van der Waals surface area contributed by atoms with Gasteiger partial charge in [-0.05, 0) is 42.7 Å². The monoisotopic (exact) mass is 423 g/mol. The number of nitrogens with one attached hydrogen (secondary N) is 1. The van der Waals surface area contributed by atoms with Crippen molar-refractivity contribution in [3.63, 3.8) is 0 Å². The number of carbonyl (C=O) groups is 1. The molecule has 1 unspecified atom stereocenters. The van der Waals surface area contributed by atoms with Crippen LogP contribution in [0.3, 0.4) is 0 Å². The molecule has 0 heterocycles. The highest BCUT2D eigenvalue weighted by Crippen LogP contribution is 2.32. The van der Waals surface area contributed by atoms with E-state index in [9.17, 15) is 18.0 Å². The highest BCUT2D eigenvalue weighted by atomic mass is 35.5. The van der Waals surface area contributed by atoms with Gasteiger partial charge in [0.05, 0.1) is 11.1 Å². The summed E-state index contributed by atoms with van der Waals surface area (Å²) in [5, 5.41) is 2.96. The Morgan fingerprint density at radius 3 is 2.11 bits per heavy atom. The Bertz CT molecular complexity index is 750. The molecule has 5 N–H and O–H groups in total. The highest BCUT2D eigenvalue weighted by Gasteiger charge is 2.32. The van der Waals surface area contributed by atoms with Crippen molar-refractivity contribution in [1.82, 2.24) is 0 Å². The zero-order valence-corrected chi connectivity index (χ0v) is 16.2. The Kier molecular flexibility index (Phi) is 9.11. The summed E-state index contributed by atoms with van der Waals surface area (Å²) in [7, 11) is 0. The first-order valence-electron chi connectivity index (χ1n) is 7.66. The second-order valence-electron chi connectivity index (χ2n) is 6.16. The molecule has 2 rings (SSSR count). The average molecular weight is 424 g/mol. The van der Waals surface area contributed by atoms with Crippen LogP contribution in [-0.4, -0.2) is 11.4 Å². The van der Waals surface area contributed by atoms with Gasteiger partial charge in [-0.15, -0.1) is 24.8 Å². The lowest BCUT2D eigenvalue weighted by Crippen LogP contribution is -2.51. The maximum Gasteiger partial charge on any atom is 0.416 e. The van der Waals surface area contributed by atoms with Crippen LogP contribution in [0.4, 0.5) is 18.9 Å². The summed E-state index contributed by atoms with van der Waals surface area (Å²) in [6.07, 6.45) is -4.11. The Morgan fingerprint density at radius 2 is 1.59 bits per heavy atom. The summed E-state index contributed by atoms with van der Waals surface area (Å²) < 4.78 is 38.9. The number of rotatable bonds is 6. The summed E-state index contributed by atoms with van der Waals surface area (Å²) in [5.41, 5.74) is 10.9. The molecule has 150 valence electrons. The summed E-state index contributed by atoms with van der Waals surface area (Å²) in [6, 6.07) is 12.4. The van der Waals surface area contributed by atoms with E-state index in [0.717, 1.165) is 11.6 Å². The van der Waals surface area contributed by atoms with Crippen molar-refractivity contribution in [3.05, 3.63) is 65.2 Å². The van der Waals surface area contributed by atoms with E-state index < -0.39 is 23.2 Å². The molecule has 2 aromatic carbocycles. The number of amides is 1. The molecule has 2 aromatic rings. The van der Waals surface area contributed by atoms with Crippen LogP contribution in [0, 0.1) is 0 Å². The Labute approximate surface area is 168 Å². The lowest BCUT2D eigenvalue weighted by molar-refractivity contribution is -0.138. The minimum Gasteiger partial charge on any atom is -0.381 e. The molecule has 4 nitrogen and oxygen atoms in total. The Morgan fingerprint density at radius 1 is 1.04 bits per heavy atom. The first kappa shape index (κ1) is 25.0. The number of halogens is 5. The van der Waals surface area contributed by atoms with Crippen molar-refractivity contribution in [2.75, 3.05) is 5.32 Å². The topological polar surface area (TPSA) is 81.1 Å². The van der Waals surface area contributed by atoms with E-state index in [1.54, 1.807) is 37.3 Å². The van der Waals surface area contributed by atoms with Crippen molar-refractivity contribution < 1.29 is 18.0 Å². The predicted octanol–water partition coefficient (Wildman–Crippen LogP) is 3.91. The molecule has 9 heteroatoms. The predicted molar refractivity (Wildman–Crippen MR) is 105 cm³/mol. The molecule has 1 atom stereocenters. The molecule has 0 fully saturated rings. The number of nitrogens with two attached hydrogens (primary N) is 2. The first-order chi connectivity index (χ1) is 11.6. The lowest BCUT2D eigenvalue weighted by Gasteiger charge is -2.20. The van der Waals surface area contributed by atoms with Crippen LogP contribution in [-0.2, 0) is 23.9 Å². The van der Waals surface area contributed by atoms with Gasteiger partial charge >= 0.3 is 6.18 Å². The summed E-state index contributed by atoms with van der Waals surface area (Å²) in [5.74, 6) is -0.599. The first-order valence-corrected chi connectivity index (χ1v) is 7.66. The highest BCUT2D eigenvalue weighted by molar-refractivity contribution is 5.85.